The molecule has 0 atom stereocenters. The summed E-state index contributed by atoms with van der Waals surface area (Å²) in [7, 11) is 1.63. The highest BCUT2D eigenvalue weighted by Gasteiger charge is 2.19. The summed E-state index contributed by atoms with van der Waals surface area (Å²) in [5.41, 5.74) is 4.40. The van der Waals surface area contributed by atoms with E-state index in [0.717, 1.165) is 57.1 Å². The van der Waals surface area contributed by atoms with Crippen LogP contribution in [0, 0.1) is 0 Å². The molecule has 0 radical (unpaired) electrons. The van der Waals surface area contributed by atoms with Crippen LogP contribution in [0.1, 0.15) is 59.4 Å². The first-order valence-corrected chi connectivity index (χ1v) is 13.0. The smallest absolute Gasteiger partial charge is 0.213 e. The number of aromatic nitrogens is 5. The first-order chi connectivity index (χ1) is 16.9. The van der Waals surface area contributed by atoms with Gasteiger partial charge in [0.1, 0.15) is 5.69 Å². The number of hydrogen-bond acceptors (Lipinski definition) is 6. The van der Waals surface area contributed by atoms with Crippen molar-refractivity contribution >= 4 is 0 Å². The Hall–Kier alpha value is -2.71. The molecule has 2 aliphatic rings. The summed E-state index contributed by atoms with van der Waals surface area (Å²) < 4.78 is 9.55. The molecule has 0 fully saturated rings. The molecule has 0 saturated carbocycles. The van der Waals surface area contributed by atoms with Gasteiger partial charge in [-0.15, -0.1) is 0 Å². The Bertz CT molecular complexity index is 1040. The summed E-state index contributed by atoms with van der Waals surface area (Å²) >= 11 is 0. The van der Waals surface area contributed by atoms with Crippen LogP contribution in [0.3, 0.4) is 0 Å². The van der Waals surface area contributed by atoms with Crippen LogP contribution in [0.4, 0.5) is 0 Å². The molecule has 0 aliphatic carbocycles. The lowest BCUT2D eigenvalue weighted by molar-refractivity contribution is 0.177. The van der Waals surface area contributed by atoms with E-state index in [1.807, 2.05) is 44.6 Å². The second-order valence-electron chi connectivity index (χ2n) is 9.37. The highest BCUT2D eigenvalue weighted by Crippen LogP contribution is 2.23. The maximum absolute atomic E-state index is 5.19. The van der Waals surface area contributed by atoms with Gasteiger partial charge in [0.05, 0.1) is 30.5 Å². The molecule has 0 unspecified atom stereocenters. The standard InChI is InChI=1S/C16H22N4O.C9H15N3.C2H6/c1-12(2)19-8-5-9-20-13(11-19)10-15(18-20)14-6-4-7-16(17-14)21-3;1-8(2)11-3-4-12-7-10-5-9(12)6-11;1-2/h4,6-7,10,12H,5,8-9,11H2,1-3H3;5,7-8H,3-4,6H2,1-2H3;1-2H3. The van der Waals surface area contributed by atoms with Gasteiger partial charge >= 0.3 is 0 Å². The molecule has 8 heteroatoms. The minimum absolute atomic E-state index is 0.560. The largest absolute Gasteiger partial charge is 0.481 e. The van der Waals surface area contributed by atoms with Crippen molar-refractivity contribution in [3.05, 3.63) is 48.2 Å². The molecule has 5 rings (SSSR count). The monoisotopic (exact) mass is 481 g/mol. The number of hydrogen-bond donors (Lipinski definition) is 0. The maximum Gasteiger partial charge on any atom is 0.213 e. The van der Waals surface area contributed by atoms with Gasteiger partial charge in [0.25, 0.3) is 0 Å². The highest BCUT2D eigenvalue weighted by atomic mass is 16.5. The van der Waals surface area contributed by atoms with Crippen molar-refractivity contribution in [2.45, 2.75) is 86.2 Å². The zero-order valence-corrected chi connectivity index (χ0v) is 22.6. The molecule has 3 aromatic rings. The zero-order chi connectivity index (χ0) is 25.4. The van der Waals surface area contributed by atoms with Gasteiger partial charge in [-0.1, -0.05) is 19.9 Å². The molecular formula is C27H43N7O. The summed E-state index contributed by atoms with van der Waals surface area (Å²) in [6, 6.07) is 9.14. The Morgan fingerprint density at radius 1 is 0.857 bits per heavy atom. The number of nitrogens with zero attached hydrogens (tertiary/aromatic N) is 7. The normalized spacial score (nSPS) is 15.9. The fraction of sp³-hybridized carbons (Fsp3) is 0.593. The van der Waals surface area contributed by atoms with Gasteiger partial charge in [-0.2, -0.15) is 5.10 Å². The minimum Gasteiger partial charge on any atom is -0.481 e. The highest BCUT2D eigenvalue weighted by molar-refractivity contribution is 5.55. The van der Waals surface area contributed by atoms with E-state index >= 15 is 0 Å². The molecule has 0 N–H and O–H groups in total. The Morgan fingerprint density at radius 2 is 1.57 bits per heavy atom. The van der Waals surface area contributed by atoms with Crippen molar-refractivity contribution in [2.75, 3.05) is 20.2 Å². The van der Waals surface area contributed by atoms with E-state index in [2.05, 4.69) is 62.8 Å². The molecule has 3 aromatic heterocycles. The molecule has 5 heterocycles. The summed E-state index contributed by atoms with van der Waals surface area (Å²) in [6.45, 7) is 19.3. The van der Waals surface area contributed by atoms with Crippen LogP contribution in [0.5, 0.6) is 5.88 Å². The van der Waals surface area contributed by atoms with Crippen molar-refractivity contribution in [3.8, 4) is 17.3 Å². The van der Waals surface area contributed by atoms with E-state index in [4.69, 9.17) is 9.84 Å². The number of fused-ring (bicyclic) bond motifs is 2. The van der Waals surface area contributed by atoms with Crippen molar-refractivity contribution in [3.63, 3.8) is 0 Å². The van der Waals surface area contributed by atoms with Crippen LogP contribution < -0.4 is 4.74 Å². The molecule has 0 aromatic carbocycles. The van der Waals surface area contributed by atoms with Gasteiger partial charge in [-0.25, -0.2) is 9.97 Å². The van der Waals surface area contributed by atoms with Gasteiger partial charge in [0.15, 0.2) is 0 Å². The first kappa shape index (κ1) is 26.9. The summed E-state index contributed by atoms with van der Waals surface area (Å²) in [5.74, 6) is 0.625. The lowest BCUT2D eigenvalue weighted by Gasteiger charge is -2.31. The summed E-state index contributed by atoms with van der Waals surface area (Å²) in [4.78, 5) is 13.6. The molecule has 35 heavy (non-hydrogen) atoms. The van der Waals surface area contributed by atoms with Gasteiger partial charge in [0.2, 0.25) is 5.88 Å². The van der Waals surface area contributed by atoms with Gasteiger partial charge < -0.3 is 9.30 Å². The molecule has 0 saturated heterocycles. The third-order valence-electron chi connectivity index (χ3n) is 6.49. The second kappa shape index (κ2) is 12.8. The Labute approximate surface area is 210 Å². The predicted octanol–water partition coefficient (Wildman–Crippen LogP) is 4.70. The molecule has 8 nitrogen and oxygen atoms in total. The van der Waals surface area contributed by atoms with E-state index < -0.39 is 0 Å². The molecule has 192 valence electrons. The fourth-order valence-corrected chi connectivity index (χ4v) is 4.37. The summed E-state index contributed by atoms with van der Waals surface area (Å²) in [6.07, 6.45) is 5.03. The number of pyridine rings is 1. The first-order valence-electron chi connectivity index (χ1n) is 13.0. The number of imidazole rings is 1. The van der Waals surface area contributed by atoms with Crippen LogP contribution in [0.25, 0.3) is 11.4 Å². The number of rotatable bonds is 4. The van der Waals surface area contributed by atoms with E-state index in [9.17, 15) is 0 Å². The van der Waals surface area contributed by atoms with Gasteiger partial charge in [-0.3, -0.25) is 14.5 Å². The molecule has 0 bridgehead atoms. The molecule has 0 amide bonds. The number of methoxy groups -OCH3 is 1. The van der Waals surface area contributed by atoms with Crippen LogP contribution in [0.2, 0.25) is 0 Å². The van der Waals surface area contributed by atoms with Crippen LogP contribution in [-0.4, -0.2) is 66.4 Å². The fourth-order valence-electron chi connectivity index (χ4n) is 4.37. The topological polar surface area (TPSA) is 64.2 Å². The number of aryl methyl sites for hydroxylation is 1. The average Bonchev–Trinajstić information content (AvgIpc) is 3.46. The molecular weight excluding hydrogens is 438 g/mol. The van der Waals surface area contributed by atoms with Crippen LogP contribution in [0.15, 0.2) is 36.8 Å². The molecule has 0 spiro atoms. The van der Waals surface area contributed by atoms with E-state index in [1.165, 1.54) is 11.4 Å². The third kappa shape index (κ3) is 6.92. The van der Waals surface area contributed by atoms with Crippen molar-refractivity contribution < 1.29 is 4.74 Å². The van der Waals surface area contributed by atoms with Crippen LogP contribution >= 0.6 is 0 Å². The zero-order valence-electron chi connectivity index (χ0n) is 22.6. The maximum atomic E-state index is 5.19. The van der Waals surface area contributed by atoms with Crippen molar-refractivity contribution in [1.29, 1.82) is 0 Å². The van der Waals surface area contributed by atoms with E-state index in [0.29, 0.717) is 18.0 Å². The van der Waals surface area contributed by atoms with Crippen LogP contribution in [-0.2, 0) is 26.2 Å². The SMILES string of the molecule is CC.CC(C)N1CCn2cncc2C1.COc1cccc(-c2cc3n(n2)CCCN(C(C)C)C3)n1. The minimum atomic E-state index is 0.560. The lowest BCUT2D eigenvalue weighted by atomic mass is 10.2. The second-order valence-corrected chi connectivity index (χ2v) is 9.37. The molecule has 2 aliphatic heterocycles. The predicted molar refractivity (Wildman–Crippen MR) is 141 cm³/mol. The third-order valence-corrected chi connectivity index (χ3v) is 6.49. The Balaban J connectivity index is 0.000000207. The van der Waals surface area contributed by atoms with Gasteiger partial charge in [-0.05, 0) is 46.2 Å². The summed E-state index contributed by atoms with van der Waals surface area (Å²) in [5, 5.41) is 4.72. The van der Waals surface area contributed by atoms with Crippen molar-refractivity contribution in [1.82, 2.24) is 34.1 Å². The Kier molecular flexibility index (Phi) is 9.86. The van der Waals surface area contributed by atoms with E-state index in [-0.39, 0.29) is 0 Å². The Morgan fingerprint density at radius 3 is 2.29 bits per heavy atom. The van der Waals surface area contributed by atoms with Crippen molar-refractivity contribution in [2.24, 2.45) is 0 Å². The average molecular weight is 482 g/mol. The van der Waals surface area contributed by atoms with E-state index in [1.54, 1.807) is 7.11 Å². The number of ether oxygens (including phenoxy) is 1. The quantitative estimate of drug-likeness (QED) is 0.538. The lowest BCUT2D eigenvalue weighted by Crippen LogP contribution is -2.37. The van der Waals surface area contributed by atoms with Gasteiger partial charge in [0, 0.05) is 63.6 Å².